The first-order chi connectivity index (χ1) is 7.75. The van der Waals surface area contributed by atoms with Gasteiger partial charge in [-0.05, 0) is 0 Å². The molecule has 0 unspecified atom stereocenters. The summed E-state index contributed by atoms with van der Waals surface area (Å²) in [5.74, 6) is 0.482. The maximum Gasteiger partial charge on any atom is 0.269 e. The molecule has 8 nitrogen and oxygen atoms in total. The van der Waals surface area contributed by atoms with Gasteiger partial charge in [0.05, 0.1) is 0 Å². The second-order valence-corrected chi connectivity index (χ2v) is 3.05. The normalized spacial score (nSPS) is 10.2. The Labute approximate surface area is 90.2 Å². The molecule has 4 N–H and O–H groups in total. The molecule has 2 heterocycles. The van der Waals surface area contributed by atoms with E-state index < -0.39 is 0 Å². The summed E-state index contributed by atoms with van der Waals surface area (Å²) in [5, 5.41) is 12.3. The van der Waals surface area contributed by atoms with Crippen LogP contribution in [0, 0.1) is 0 Å². The average molecular weight is 222 g/mol. The number of rotatable bonds is 4. The number of nitrogens with two attached hydrogens (primary N) is 1. The molecule has 0 fully saturated rings. The van der Waals surface area contributed by atoms with Crippen molar-refractivity contribution in [3.05, 3.63) is 24.0 Å². The van der Waals surface area contributed by atoms with Gasteiger partial charge in [0.15, 0.2) is 6.33 Å². The van der Waals surface area contributed by atoms with E-state index in [9.17, 15) is 4.79 Å². The van der Waals surface area contributed by atoms with Crippen LogP contribution in [-0.4, -0.2) is 32.8 Å². The third-order valence-electron chi connectivity index (χ3n) is 1.87. The predicted molar refractivity (Wildman–Crippen MR) is 53.3 cm³/mol. The number of aromatic amines is 1. The number of amides is 1. The lowest BCUT2D eigenvalue weighted by molar-refractivity contribution is 0.0948. The van der Waals surface area contributed by atoms with Crippen LogP contribution in [0.15, 0.2) is 16.9 Å². The van der Waals surface area contributed by atoms with Crippen LogP contribution in [0.4, 0.5) is 5.82 Å². The van der Waals surface area contributed by atoms with E-state index in [4.69, 9.17) is 10.3 Å². The van der Waals surface area contributed by atoms with Crippen LogP contribution in [0.2, 0.25) is 0 Å². The molecule has 0 spiro atoms. The van der Waals surface area contributed by atoms with Crippen molar-refractivity contribution in [3.63, 3.8) is 0 Å². The monoisotopic (exact) mass is 222 g/mol. The fraction of sp³-hybridized carbons (Fsp3) is 0.250. The molecule has 0 aliphatic carbocycles. The molecule has 0 saturated heterocycles. The lowest BCUT2D eigenvalue weighted by atomic mass is 10.3. The van der Waals surface area contributed by atoms with Gasteiger partial charge in [0.25, 0.3) is 5.91 Å². The van der Waals surface area contributed by atoms with Crippen molar-refractivity contribution in [1.29, 1.82) is 0 Å². The van der Waals surface area contributed by atoms with E-state index in [0.29, 0.717) is 24.6 Å². The largest absolute Gasteiger partial charge is 0.382 e. The summed E-state index contributed by atoms with van der Waals surface area (Å²) in [4.78, 5) is 15.3. The number of carbonyl (C=O) groups is 1. The molecule has 0 aliphatic rings. The molecule has 1 amide bonds. The molecule has 0 radical (unpaired) electrons. The van der Waals surface area contributed by atoms with Crippen molar-refractivity contribution in [2.45, 2.75) is 6.42 Å². The van der Waals surface area contributed by atoms with Gasteiger partial charge in [-0.3, -0.25) is 9.89 Å². The number of carbonyl (C=O) groups excluding carboxylic acids is 1. The van der Waals surface area contributed by atoms with E-state index in [1.54, 1.807) is 0 Å². The Balaban J connectivity index is 1.80. The number of hydrogen-bond acceptors (Lipinski definition) is 6. The highest BCUT2D eigenvalue weighted by Crippen LogP contribution is 1.99. The average Bonchev–Trinajstić information content (AvgIpc) is 2.89. The fourth-order valence-electron chi connectivity index (χ4n) is 1.14. The molecule has 16 heavy (non-hydrogen) atoms. The second-order valence-electron chi connectivity index (χ2n) is 3.05. The molecule has 84 valence electrons. The van der Waals surface area contributed by atoms with Gasteiger partial charge in [0.2, 0.25) is 5.89 Å². The van der Waals surface area contributed by atoms with E-state index in [0.717, 1.165) is 0 Å². The Bertz CT molecular complexity index is 463. The highest BCUT2D eigenvalue weighted by Gasteiger charge is 2.08. The number of nitrogens with zero attached hydrogens (tertiary/aromatic N) is 3. The predicted octanol–water partition coefficient (Wildman–Crippen LogP) is -0.653. The third-order valence-corrected chi connectivity index (χ3v) is 1.87. The number of nitrogens with one attached hydrogen (secondary N) is 2. The first kappa shape index (κ1) is 10.1. The van der Waals surface area contributed by atoms with Crippen LogP contribution in [0.1, 0.15) is 16.4 Å². The van der Waals surface area contributed by atoms with Gasteiger partial charge in [0, 0.05) is 19.0 Å². The molecular weight excluding hydrogens is 212 g/mol. The maximum absolute atomic E-state index is 11.5. The summed E-state index contributed by atoms with van der Waals surface area (Å²) in [6.45, 7) is 0.403. The second kappa shape index (κ2) is 4.43. The lowest BCUT2D eigenvalue weighted by Gasteiger charge is -1.99. The van der Waals surface area contributed by atoms with Crippen LogP contribution >= 0.6 is 0 Å². The van der Waals surface area contributed by atoms with Crippen molar-refractivity contribution in [2.24, 2.45) is 0 Å². The zero-order valence-corrected chi connectivity index (χ0v) is 8.30. The maximum atomic E-state index is 11.5. The molecule has 0 atom stereocenters. The summed E-state index contributed by atoms with van der Waals surface area (Å²) >= 11 is 0. The quantitative estimate of drug-likeness (QED) is 0.631. The summed E-state index contributed by atoms with van der Waals surface area (Å²) in [6.07, 6.45) is 1.79. The van der Waals surface area contributed by atoms with Gasteiger partial charge in [-0.1, -0.05) is 5.16 Å². The summed E-state index contributed by atoms with van der Waals surface area (Å²) in [6, 6.07) is 1.46. The smallest absolute Gasteiger partial charge is 0.269 e. The molecule has 2 rings (SSSR count). The highest BCUT2D eigenvalue weighted by molar-refractivity contribution is 5.92. The number of nitrogen functional groups attached to an aromatic ring is 1. The fourth-order valence-corrected chi connectivity index (χ4v) is 1.14. The molecule has 0 saturated carbocycles. The molecule has 0 aliphatic heterocycles. The van der Waals surface area contributed by atoms with Crippen LogP contribution < -0.4 is 11.1 Å². The summed E-state index contributed by atoms with van der Waals surface area (Å²) in [7, 11) is 0. The van der Waals surface area contributed by atoms with Gasteiger partial charge >= 0.3 is 0 Å². The van der Waals surface area contributed by atoms with E-state index in [2.05, 4.69) is 25.7 Å². The number of hydrogen-bond donors (Lipinski definition) is 3. The van der Waals surface area contributed by atoms with Gasteiger partial charge in [-0.25, -0.2) is 0 Å². The molecule has 0 bridgehead atoms. The SMILES string of the molecule is Nc1cc(C(=O)NCCc2ncno2)[nH]n1. The zero-order valence-electron chi connectivity index (χ0n) is 8.30. The molecular formula is C8H10N6O2. The standard InChI is InChI=1S/C8H10N6O2/c9-6-3-5(13-14-6)8(15)10-2-1-7-11-4-12-16-7/h3-4H,1-2H2,(H,10,15)(H3,9,13,14). The van der Waals surface area contributed by atoms with Crippen molar-refractivity contribution in [1.82, 2.24) is 25.7 Å². The first-order valence-corrected chi connectivity index (χ1v) is 4.60. The van der Waals surface area contributed by atoms with Gasteiger partial charge in [-0.15, -0.1) is 0 Å². The molecule has 0 aromatic carbocycles. The minimum atomic E-state index is -0.274. The van der Waals surface area contributed by atoms with Crippen molar-refractivity contribution >= 4 is 11.7 Å². The van der Waals surface area contributed by atoms with Crippen molar-refractivity contribution < 1.29 is 9.32 Å². The summed E-state index contributed by atoms with van der Waals surface area (Å²) in [5.41, 5.74) is 5.69. The molecule has 2 aromatic heterocycles. The van der Waals surface area contributed by atoms with E-state index in [1.165, 1.54) is 12.4 Å². The van der Waals surface area contributed by atoms with Crippen molar-refractivity contribution in [3.8, 4) is 0 Å². The van der Waals surface area contributed by atoms with Crippen LogP contribution in [0.25, 0.3) is 0 Å². The number of aromatic nitrogens is 4. The summed E-state index contributed by atoms with van der Waals surface area (Å²) < 4.78 is 4.77. The van der Waals surface area contributed by atoms with E-state index >= 15 is 0 Å². The Morgan fingerprint density at radius 1 is 1.62 bits per heavy atom. The third kappa shape index (κ3) is 2.35. The van der Waals surface area contributed by atoms with Crippen molar-refractivity contribution in [2.75, 3.05) is 12.3 Å². The first-order valence-electron chi connectivity index (χ1n) is 4.60. The van der Waals surface area contributed by atoms with Crippen LogP contribution in [0.5, 0.6) is 0 Å². The Kier molecular flexibility index (Phi) is 2.81. The minimum absolute atomic E-state index is 0.274. The Morgan fingerprint density at radius 2 is 2.50 bits per heavy atom. The lowest BCUT2D eigenvalue weighted by Crippen LogP contribution is -2.26. The molecule has 2 aromatic rings. The Hall–Kier alpha value is -2.38. The highest BCUT2D eigenvalue weighted by atomic mass is 16.5. The van der Waals surface area contributed by atoms with Gasteiger partial charge in [0.1, 0.15) is 11.5 Å². The van der Waals surface area contributed by atoms with E-state index in [-0.39, 0.29) is 11.7 Å². The van der Waals surface area contributed by atoms with Crippen LogP contribution in [-0.2, 0) is 6.42 Å². The van der Waals surface area contributed by atoms with Gasteiger partial charge in [-0.2, -0.15) is 10.1 Å². The topological polar surface area (TPSA) is 123 Å². The van der Waals surface area contributed by atoms with Crippen LogP contribution in [0.3, 0.4) is 0 Å². The number of H-pyrrole nitrogens is 1. The zero-order chi connectivity index (χ0) is 11.4. The molecule has 8 heteroatoms. The number of anilines is 1. The minimum Gasteiger partial charge on any atom is -0.382 e. The van der Waals surface area contributed by atoms with Gasteiger partial charge < -0.3 is 15.6 Å². The van der Waals surface area contributed by atoms with E-state index in [1.807, 2.05) is 0 Å². The Morgan fingerprint density at radius 3 is 3.12 bits per heavy atom.